The summed E-state index contributed by atoms with van der Waals surface area (Å²) in [6, 6.07) is 7.69. The number of hydrogen-bond donors (Lipinski definition) is 1. The van der Waals surface area contributed by atoms with Crippen molar-refractivity contribution < 1.29 is 4.79 Å². The third kappa shape index (κ3) is 2.99. The number of piperidine rings is 1. The Labute approximate surface area is 107 Å². The fourth-order valence-electron chi connectivity index (χ4n) is 2.18. The lowest BCUT2D eigenvalue weighted by molar-refractivity contribution is 0.0707. The molecule has 1 heterocycles. The summed E-state index contributed by atoms with van der Waals surface area (Å²) in [6.45, 7) is 1.63. The van der Waals surface area contributed by atoms with E-state index in [9.17, 15) is 4.79 Å². The monoisotopic (exact) mass is 252 g/mol. The Balaban J connectivity index is 2.02. The lowest BCUT2D eigenvalue weighted by Crippen LogP contribution is -2.43. The van der Waals surface area contributed by atoms with Crippen LogP contribution in [0.15, 0.2) is 24.3 Å². The number of amides is 1. The Kier molecular flexibility index (Phi) is 4.02. The molecule has 0 radical (unpaired) electrons. The van der Waals surface area contributed by atoms with Crippen LogP contribution in [-0.4, -0.2) is 37.0 Å². The molecule has 0 saturated carbocycles. The Bertz CT molecular complexity index is 400. The average molecular weight is 253 g/mol. The highest BCUT2D eigenvalue weighted by molar-refractivity contribution is 6.30. The normalized spacial score (nSPS) is 17.2. The van der Waals surface area contributed by atoms with Gasteiger partial charge in [0.25, 0.3) is 5.91 Å². The molecule has 92 valence electrons. The topological polar surface area (TPSA) is 32.3 Å². The standard InChI is InChI=1S/C13H17ClN2O/c1-15-12-5-7-16(8-6-12)13(17)10-3-2-4-11(14)9-10/h2-4,9,12,15H,5-8H2,1H3. The van der Waals surface area contributed by atoms with Crippen LogP contribution < -0.4 is 5.32 Å². The van der Waals surface area contributed by atoms with E-state index in [1.807, 2.05) is 24.1 Å². The number of hydrogen-bond acceptors (Lipinski definition) is 2. The van der Waals surface area contributed by atoms with Gasteiger partial charge in [-0.05, 0) is 38.1 Å². The highest BCUT2D eigenvalue weighted by atomic mass is 35.5. The molecule has 17 heavy (non-hydrogen) atoms. The van der Waals surface area contributed by atoms with Crippen molar-refractivity contribution in [3.8, 4) is 0 Å². The minimum Gasteiger partial charge on any atom is -0.339 e. The summed E-state index contributed by atoms with van der Waals surface area (Å²) < 4.78 is 0. The second kappa shape index (κ2) is 5.52. The smallest absolute Gasteiger partial charge is 0.253 e. The molecule has 0 atom stereocenters. The molecule has 0 aromatic heterocycles. The Morgan fingerprint density at radius 1 is 1.41 bits per heavy atom. The molecule has 1 aliphatic rings. The van der Waals surface area contributed by atoms with Crippen LogP contribution in [0.2, 0.25) is 5.02 Å². The van der Waals surface area contributed by atoms with Gasteiger partial charge in [0.15, 0.2) is 0 Å². The van der Waals surface area contributed by atoms with E-state index in [0.717, 1.165) is 25.9 Å². The van der Waals surface area contributed by atoms with Crippen LogP contribution in [0.1, 0.15) is 23.2 Å². The summed E-state index contributed by atoms with van der Waals surface area (Å²) in [7, 11) is 1.97. The van der Waals surface area contributed by atoms with Gasteiger partial charge < -0.3 is 10.2 Å². The first-order chi connectivity index (χ1) is 8.20. The van der Waals surface area contributed by atoms with Gasteiger partial charge >= 0.3 is 0 Å². The fraction of sp³-hybridized carbons (Fsp3) is 0.462. The van der Waals surface area contributed by atoms with E-state index in [1.165, 1.54) is 0 Å². The molecule has 0 bridgehead atoms. The van der Waals surface area contributed by atoms with Gasteiger partial charge in [0.05, 0.1) is 0 Å². The molecule has 2 rings (SSSR count). The van der Waals surface area contributed by atoms with Crippen molar-refractivity contribution >= 4 is 17.5 Å². The Hall–Kier alpha value is -1.06. The molecule has 0 aliphatic carbocycles. The van der Waals surface area contributed by atoms with Gasteiger partial charge in [0.2, 0.25) is 0 Å². The lowest BCUT2D eigenvalue weighted by Gasteiger charge is -2.31. The van der Waals surface area contributed by atoms with E-state index in [-0.39, 0.29) is 5.91 Å². The van der Waals surface area contributed by atoms with E-state index >= 15 is 0 Å². The van der Waals surface area contributed by atoms with Crippen LogP contribution in [0.4, 0.5) is 0 Å². The van der Waals surface area contributed by atoms with Crippen molar-refractivity contribution in [1.29, 1.82) is 0 Å². The van der Waals surface area contributed by atoms with Crippen molar-refractivity contribution in [3.63, 3.8) is 0 Å². The molecule has 1 saturated heterocycles. The molecule has 1 N–H and O–H groups in total. The second-order valence-electron chi connectivity index (χ2n) is 4.37. The first-order valence-electron chi connectivity index (χ1n) is 5.93. The zero-order valence-corrected chi connectivity index (χ0v) is 10.7. The third-order valence-corrected chi connectivity index (χ3v) is 3.50. The van der Waals surface area contributed by atoms with E-state index in [1.54, 1.807) is 12.1 Å². The van der Waals surface area contributed by atoms with Crippen molar-refractivity contribution in [3.05, 3.63) is 34.9 Å². The first kappa shape index (κ1) is 12.4. The Morgan fingerprint density at radius 2 is 2.12 bits per heavy atom. The highest BCUT2D eigenvalue weighted by Crippen LogP contribution is 2.16. The molecule has 3 nitrogen and oxygen atoms in total. The van der Waals surface area contributed by atoms with Gasteiger partial charge in [0.1, 0.15) is 0 Å². The van der Waals surface area contributed by atoms with Crippen LogP contribution in [0.5, 0.6) is 0 Å². The Morgan fingerprint density at radius 3 is 2.71 bits per heavy atom. The van der Waals surface area contributed by atoms with E-state index in [0.29, 0.717) is 16.6 Å². The molecule has 1 aliphatic heterocycles. The number of carbonyl (C=O) groups is 1. The largest absolute Gasteiger partial charge is 0.339 e. The van der Waals surface area contributed by atoms with Crippen LogP contribution in [0, 0.1) is 0 Å². The molecule has 0 spiro atoms. The summed E-state index contributed by atoms with van der Waals surface area (Å²) in [4.78, 5) is 14.1. The van der Waals surface area contributed by atoms with Crippen LogP contribution in [0.3, 0.4) is 0 Å². The number of rotatable bonds is 2. The number of nitrogens with zero attached hydrogens (tertiary/aromatic N) is 1. The van der Waals surface area contributed by atoms with Crippen LogP contribution >= 0.6 is 11.6 Å². The maximum atomic E-state index is 12.2. The second-order valence-corrected chi connectivity index (χ2v) is 4.80. The lowest BCUT2D eigenvalue weighted by atomic mass is 10.0. The first-order valence-corrected chi connectivity index (χ1v) is 6.30. The van der Waals surface area contributed by atoms with Gasteiger partial charge in [-0.3, -0.25) is 4.79 Å². The molecule has 0 unspecified atom stereocenters. The highest BCUT2D eigenvalue weighted by Gasteiger charge is 2.22. The molecular weight excluding hydrogens is 236 g/mol. The SMILES string of the molecule is CNC1CCN(C(=O)c2cccc(Cl)c2)CC1. The summed E-state index contributed by atoms with van der Waals surface area (Å²) in [5.41, 5.74) is 0.681. The van der Waals surface area contributed by atoms with Gasteiger partial charge in [-0.25, -0.2) is 0 Å². The molecule has 1 aromatic rings. The number of halogens is 1. The van der Waals surface area contributed by atoms with Gasteiger partial charge in [-0.2, -0.15) is 0 Å². The minimum absolute atomic E-state index is 0.0852. The van der Waals surface area contributed by atoms with Gasteiger partial charge in [0, 0.05) is 29.7 Å². The summed E-state index contributed by atoms with van der Waals surface area (Å²) >= 11 is 5.89. The van der Waals surface area contributed by atoms with Gasteiger partial charge in [-0.1, -0.05) is 17.7 Å². The predicted octanol–water partition coefficient (Wildman–Crippen LogP) is 2.16. The van der Waals surface area contributed by atoms with E-state index in [2.05, 4.69) is 5.32 Å². The number of likely N-dealkylation sites (tertiary alicyclic amines) is 1. The number of carbonyl (C=O) groups excluding carboxylic acids is 1. The zero-order chi connectivity index (χ0) is 12.3. The quantitative estimate of drug-likeness (QED) is 0.875. The average Bonchev–Trinajstić information content (AvgIpc) is 2.38. The maximum Gasteiger partial charge on any atom is 0.253 e. The van der Waals surface area contributed by atoms with Crippen molar-refractivity contribution in [1.82, 2.24) is 10.2 Å². The minimum atomic E-state index is 0.0852. The molecule has 4 heteroatoms. The fourth-order valence-corrected chi connectivity index (χ4v) is 2.37. The van der Waals surface area contributed by atoms with E-state index in [4.69, 9.17) is 11.6 Å². The molecule has 1 amide bonds. The number of benzene rings is 1. The summed E-state index contributed by atoms with van der Waals surface area (Å²) in [5.74, 6) is 0.0852. The molecule has 1 aromatic carbocycles. The van der Waals surface area contributed by atoms with Crippen molar-refractivity contribution in [2.24, 2.45) is 0 Å². The van der Waals surface area contributed by atoms with Crippen LogP contribution in [-0.2, 0) is 0 Å². The van der Waals surface area contributed by atoms with Crippen LogP contribution in [0.25, 0.3) is 0 Å². The third-order valence-electron chi connectivity index (χ3n) is 3.26. The predicted molar refractivity (Wildman–Crippen MR) is 69.4 cm³/mol. The summed E-state index contributed by atoms with van der Waals surface area (Å²) in [6.07, 6.45) is 2.03. The zero-order valence-electron chi connectivity index (χ0n) is 9.95. The number of nitrogens with one attached hydrogen (secondary N) is 1. The summed E-state index contributed by atoms with van der Waals surface area (Å²) in [5, 5.41) is 3.87. The van der Waals surface area contributed by atoms with Gasteiger partial charge in [-0.15, -0.1) is 0 Å². The maximum absolute atomic E-state index is 12.2. The molecule has 1 fully saturated rings. The van der Waals surface area contributed by atoms with Crippen molar-refractivity contribution in [2.75, 3.05) is 20.1 Å². The van der Waals surface area contributed by atoms with Crippen molar-refractivity contribution in [2.45, 2.75) is 18.9 Å². The van der Waals surface area contributed by atoms with E-state index < -0.39 is 0 Å². The molecular formula is C13H17ClN2O.